The molecule has 1 aliphatic rings. The van der Waals surface area contributed by atoms with Gasteiger partial charge in [-0.2, -0.15) is 0 Å². The molecule has 0 aliphatic carbocycles. The van der Waals surface area contributed by atoms with Gasteiger partial charge >= 0.3 is 6.09 Å². The first kappa shape index (κ1) is 19.2. The summed E-state index contributed by atoms with van der Waals surface area (Å²) in [5.41, 5.74) is 1.41. The molecular formula is C22H26BrN3O2. The molecule has 5 nitrogen and oxygen atoms in total. The minimum atomic E-state index is -0.523. The molecule has 3 atom stereocenters. The largest absolute Gasteiger partial charge is 0.444 e. The number of carbonyl (C=O) groups excluding carboxylic acids is 1. The van der Waals surface area contributed by atoms with Crippen LogP contribution < -0.4 is 0 Å². The number of ether oxygens (including phenoxy) is 1. The minimum Gasteiger partial charge on any atom is -0.444 e. The summed E-state index contributed by atoms with van der Waals surface area (Å²) in [6.07, 6.45) is 0.590. The van der Waals surface area contributed by atoms with Crippen molar-refractivity contribution in [1.29, 1.82) is 0 Å². The van der Waals surface area contributed by atoms with Crippen molar-refractivity contribution in [1.82, 2.24) is 14.9 Å². The molecule has 1 aromatic heterocycles. The van der Waals surface area contributed by atoms with Gasteiger partial charge in [0.05, 0.1) is 17.1 Å². The number of hydrogen-bond acceptors (Lipinski definition) is 3. The summed E-state index contributed by atoms with van der Waals surface area (Å²) >= 11 is 3.53. The number of nitrogens with zero attached hydrogens (tertiary/aromatic N) is 2. The number of likely N-dealkylation sites (tertiary alicyclic amines) is 1. The normalized spacial score (nSPS) is 22.9. The van der Waals surface area contributed by atoms with Crippen molar-refractivity contribution in [3.63, 3.8) is 0 Å². The molecule has 0 spiro atoms. The molecule has 28 heavy (non-hydrogen) atoms. The van der Waals surface area contributed by atoms with Crippen LogP contribution in [0.4, 0.5) is 4.79 Å². The second-order valence-electron chi connectivity index (χ2n) is 8.81. The molecule has 0 saturated carbocycles. The van der Waals surface area contributed by atoms with Crippen molar-refractivity contribution in [2.24, 2.45) is 5.92 Å². The standard InChI is InChI=1S/C22H26BrN3O2/c1-12-10-18(26(13(12)2)21(27)28-22(3,4)5)20-24-17-9-6-14-11-15(23)7-8-16(14)19(17)25-20/h6-9,11-13,18H,10H2,1-5H3,(H,24,25)/t12-,13-,18+/m1/s1. The van der Waals surface area contributed by atoms with E-state index in [1.165, 1.54) is 0 Å². The van der Waals surface area contributed by atoms with Gasteiger partial charge in [-0.05, 0) is 63.6 Å². The van der Waals surface area contributed by atoms with Crippen LogP contribution in [0.1, 0.15) is 52.9 Å². The number of fused-ring (bicyclic) bond motifs is 3. The number of carbonyl (C=O) groups is 1. The molecule has 1 aliphatic heterocycles. The van der Waals surface area contributed by atoms with E-state index in [-0.39, 0.29) is 18.2 Å². The van der Waals surface area contributed by atoms with Crippen molar-refractivity contribution >= 4 is 43.8 Å². The number of amides is 1. The maximum absolute atomic E-state index is 12.9. The Kier molecular flexibility index (Phi) is 4.65. The zero-order chi connectivity index (χ0) is 20.2. The van der Waals surface area contributed by atoms with Crippen molar-refractivity contribution in [2.45, 2.75) is 58.7 Å². The van der Waals surface area contributed by atoms with Crippen LogP contribution in [0, 0.1) is 5.92 Å². The number of benzene rings is 2. The highest BCUT2D eigenvalue weighted by Crippen LogP contribution is 2.40. The summed E-state index contributed by atoms with van der Waals surface area (Å²) in [4.78, 5) is 23.2. The van der Waals surface area contributed by atoms with E-state index in [1.54, 1.807) is 0 Å². The number of halogens is 1. The Balaban J connectivity index is 1.76. The van der Waals surface area contributed by atoms with Crippen molar-refractivity contribution < 1.29 is 9.53 Å². The van der Waals surface area contributed by atoms with Crippen molar-refractivity contribution in [2.75, 3.05) is 0 Å². The maximum Gasteiger partial charge on any atom is 0.411 e. The predicted octanol–water partition coefficient (Wildman–Crippen LogP) is 6.19. The molecular weight excluding hydrogens is 418 g/mol. The summed E-state index contributed by atoms with van der Waals surface area (Å²) in [6.45, 7) is 9.96. The summed E-state index contributed by atoms with van der Waals surface area (Å²) < 4.78 is 6.74. The van der Waals surface area contributed by atoms with Crippen molar-refractivity contribution in [3.05, 3.63) is 40.6 Å². The average molecular weight is 444 g/mol. The fourth-order valence-electron chi connectivity index (χ4n) is 4.02. The van der Waals surface area contributed by atoms with Crippen LogP contribution in [0.2, 0.25) is 0 Å². The highest BCUT2D eigenvalue weighted by atomic mass is 79.9. The van der Waals surface area contributed by atoms with E-state index in [9.17, 15) is 4.79 Å². The van der Waals surface area contributed by atoms with Crippen LogP contribution in [0.15, 0.2) is 34.8 Å². The number of aromatic amines is 1. The van der Waals surface area contributed by atoms with E-state index in [1.807, 2.05) is 31.7 Å². The molecule has 3 aromatic rings. The number of imidazole rings is 1. The fraction of sp³-hybridized carbons (Fsp3) is 0.455. The molecule has 6 heteroatoms. The lowest BCUT2D eigenvalue weighted by molar-refractivity contribution is 0.0140. The molecule has 148 valence electrons. The zero-order valence-electron chi connectivity index (χ0n) is 16.9. The third-order valence-electron chi connectivity index (χ3n) is 5.56. The molecule has 0 radical (unpaired) electrons. The zero-order valence-corrected chi connectivity index (χ0v) is 18.5. The molecule has 1 saturated heterocycles. The number of nitrogens with one attached hydrogen (secondary N) is 1. The van der Waals surface area contributed by atoms with E-state index in [2.05, 4.69) is 59.0 Å². The number of aromatic nitrogens is 2. The number of rotatable bonds is 1. The minimum absolute atomic E-state index is 0.0979. The van der Waals surface area contributed by atoms with Gasteiger partial charge in [-0.15, -0.1) is 0 Å². The van der Waals surface area contributed by atoms with E-state index in [0.717, 1.165) is 38.5 Å². The van der Waals surface area contributed by atoms with E-state index >= 15 is 0 Å². The first-order chi connectivity index (χ1) is 13.1. The highest BCUT2D eigenvalue weighted by Gasteiger charge is 2.43. The molecule has 0 unspecified atom stereocenters. The Morgan fingerprint density at radius 1 is 1.25 bits per heavy atom. The quantitative estimate of drug-likeness (QED) is 0.487. The molecule has 1 fully saturated rings. The average Bonchev–Trinajstić information content (AvgIpc) is 3.14. The molecule has 1 N–H and O–H groups in total. The van der Waals surface area contributed by atoms with Gasteiger partial charge in [-0.1, -0.05) is 35.0 Å². The molecule has 2 heterocycles. The molecule has 1 amide bonds. The van der Waals surface area contributed by atoms with E-state index in [4.69, 9.17) is 9.72 Å². The van der Waals surface area contributed by atoms with Crippen LogP contribution >= 0.6 is 15.9 Å². The second kappa shape index (κ2) is 6.76. The highest BCUT2D eigenvalue weighted by molar-refractivity contribution is 9.10. The van der Waals surface area contributed by atoms with Crippen LogP contribution in [-0.4, -0.2) is 32.6 Å². The summed E-state index contributed by atoms with van der Waals surface area (Å²) in [5.74, 6) is 1.20. The summed E-state index contributed by atoms with van der Waals surface area (Å²) in [7, 11) is 0. The number of hydrogen-bond donors (Lipinski definition) is 1. The second-order valence-corrected chi connectivity index (χ2v) is 9.72. The Morgan fingerprint density at radius 3 is 2.71 bits per heavy atom. The van der Waals surface area contributed by atoms with Gasteiger partial charge in [0.1, 0.15) is 11.4 Å². The fourth-order valence-corrected chi connectivity index (χ4v) is 4.40. The van der Waals surface area contributed by atoms with Gasteiger partial charge in [-0.25, -0.2) is 9.78 Å². The Labute approximate surface area is 173 Å². The van der Waals surface area contributed by atoms with E-state index in [0.29, 0.717) is 5.92 Å². The summed E-state index contributed by atoms with van der Waals surface area (Å²) in [5, 5.41) is 2.24. The first-order valence-electron chi connectivity index (χ1n) is 9.73. The predicted molar refractivity (Wildman–Crippen MR) is 115 cm³/mol. The summed E-state index contributed by atoms with van der Waals surface area (Å²) in [6, 6.07) is 10.3. The third-order valence-corrected chi connectivity index (χ3v) is 6.05. The lowest BCUT2D eigenvalue weighted by Gasteiger charge is -2.31. The van der Waals surface area contributed by atoms with Gasteiger partial charge in [0, 0.05) is 15.9 Å². The van der Waals surface area contributed by atoms with Gasteiger partial charge in [0.25, 0.3) is 0 Å². The lowest BCUT2D eigenvalue weighted by Crippen LogP contribution is -2.41. The maximum atomic E-state index is 12.9. The number of H-pyrrole nitrogens is 1. The molecule has 0 bridgehead atoms. The SMILES string of the molecule is C[C@@H]1C[C@@H](c2nc3c(ccc4cc(Br)ccc43)[nH]2)N(C(=O)OC(C)(C)C)[C@@H]1C. The molecule has 2 aromatic carbocycles. The van der Waals surface area contributed by atoms with Crippen LogP contribution in [-0.2, 0) is 4.74 Å². The molecule has 4 rings (SSSR count). The Bertz CT molecular complexity index is 1050. The third kappa shape index (κ3) is 3.39. The van der Waals surface area contributed by atoms with Crippen LogP contribution in [0.5, 0.6) is 0 Å². The lowest BCUT2D eigenvalue weighted by atomic mass is 10.0. The van der Waals surface area contributed by atoms with Crippen LogP contribution in [0.3, 0.4) is 0 Å². The Hall–Kier alpha value is -2.08. The van der Waals surface area contributed by atoms with Crippen molar-refractivity contribution in [3.8, 4) is 0 Å². The van der Waals surface area contributed by atoms with E-state index < -0.39 is 5.60 Å². The first-order valence-corrected chi connectivity index (χ1v) is 10.5. The van der Waals surface area contributed by atoms with Gasteiger partial charge in [-0.3, -0.25) is 4.90 Å². The monoisotopic (exact) mass is 443 g/mol. The Morgan fingerprint density at radius 2 is 2.00 bits per heavy atom. The topological polar surface area (TPSA) is 58.2 Å². The van der Waals surface area contributed by atoms with Gasteiger partial charge in [0.2, 0.25) is 0 Å². The van der Waals surface area contributed by atoms with Gasteiger partial charge in [0.15, 0.2) is 0 Å². The smallest absolute Gasteiger partial charge is 0.411 e. The van der Waals surface area contributed by atoms with Gasteiger partial charge < -0.3 is 9.72 Å². The van der Waals surface area contributed by atoms with Crippen LogP contribution in [0.25, 0.3) is 21.8 Å².